The Hall–Kier alpha value is -1.42. The van der Waals surface area contributed by atoms with Crippen molar-refractivity contribution in [2.24, 2.45) is 0 Å². The molecule has 0 aliphatic rings. The van der Waals surface area contributed by atoms with Gasteiger partial charge in [-0.25, -0.2) is 4.98 Å². The van der Waals surface area contributed by atoms with E-state index in [2.05, 4.69) is 9.97 Å². The molecule has 0 saturated carbocycles. The van der Waals surface area contributed by atoms with Crippen LogP contribution < -0.4 is 4.74 Å². The molecule has 0 unspecified atom stereocenters. The van der Waals surface area contributed by atoms with Gasteiger partial charge in [-0.3, -0.25) is 0 Å². The van der Waals surface area contributed by atoms with E-state index in [-0.39, 0.29) is 6.61 Å². The van der Waals surface area contributed by atoms with Crippen LogP contribution in [0.4, 0.5) is 0 Å². The molecule has 0 aliphatic carbocycles. The number of aromatic amines is 1. The second-order valence-electron chi connectivity index (χ2n) is 4.19. The Balaban J connectivity index is 1.81. The van der Waals surface area contributed by atoms with E-state index in [1.165, 1.54) is 0 Å². The monoisotopic (exact) mass is 326 g/mol. The lowest BCUT2D eigenvalue weighted by Crippen LogP contribution is -1.98. The molecule has 1 N–H and O–H groups in total. The number of halogens is 3. The van der Waals surface area contributed by atoms with Crippen LogP contribution >= 0.6 is 34.8 Å². The second kappa shape index (κ2) is 5.52. The third-order valence-electron chi connectivity index (χ3n) is 2.78. The number of fused-ring (bicyclic) bond motifs is 1. The van der Waals surface area contributed by atoms with Gasteiger partial charge in [0.05, 0.1) is 26.1 Å². The van der Waals surface area contributed by atoms with E-state index in [0.717, 1.165) is 11.0 Å². The van der Waals surface area contributed by atoms with E-state index < -0.39 is 0 Å². The maximum Gasteiger partial charge on any atom is 0.146 e. The predicted octanol–water partition coefficient (Wildman–Crippen LogP) is 5.10. The van der Waals surface area contributed by atoms with Crippen LogP contribution in [0, 0.1) is 0 Å². The van der Waals surface area contributed by atoms with E-state index >= 15 is 0 Å². The van der Waals surface area contributed by atoms with E-state index in [0.29, 0.717) is 26.6 Å². The van der Waals surface area contributed by atoms with Crippen LogP contribution in [-0.4, -0.2) is 9.97 Å². The first-order valence-corrected chi connectivity index (χ1v) is 6.98. The number of ether oxygens (including phenoxy) is 1. The van der Waals surface area contributed by atoms with Crippen molar-refractivity contribution < 1.29 is 4.74 Å². The lowest BCUT2D eigenvalue weighted by Gasteiger charge is -2.07. The number of imidazole rings is 1. The van der Waals surface area contributed by atoms with Crippen molar-refractivity contribution in [3.8, 4) is 5.75 Å². The Bertz CT molecular complexity index is 737. The molecule has 0 amide bonds. The first-order valence-electron chi connectivity index (χ1n) is 5.84. The van der Waals surface area contributed by atoms with Gasteiger partial charge in [0, 0.05) is 6.07 Å². The van der Waals surface area contributed by atoms with Crippen LogP contribution in [-0.2, 0) is 6.61 Å². The molecule has 3 rings (SSSR count). The Morgan fingerprint density at radius 1 is 1.00 bits per heavy atom. The third kappa shape index (κ3) is 2.70. The zero-order valence-corrected chi connectivity index (χ0v) is 12.4. The molecule has 0 atom stereocenters. The molecule has 6 heteroatoms. The van der Waals surface area contributed by atoms with Crippen molar-refractivity contribution in [2.45, 2.75) is 6.61 Å². The second-order valence-corrected chi connectivity index (χ2v) is 5.41. The highest BCUT2D eigenvalue weighted by molar-refractivity contribution is 6.43. The van der Waals surface area contributed by atoms with Crippen molar-refractivity contribution in [3.63, 3.8) is 0 Å². The average molecular weight is 328 g/mol. The molecule has 0 radical (unpaired) electrons. The Kier molecular flexibility index (Phi) is 3.74. The number of para-hydroxylation sites is 2. The van der Waals surface area contributed by atoms with Gasteiger partial charge in [-0.2, -0.15) is 0 Å². The van der Waals surface area contributed by atoms with Crippen molar-refractivity contribution in [1.82, 2.24) is 9.97 Å². The lowest BCUT2D eigenvalue weighted by atomic mass is 10.3. The molecule has 0 saturated heterocycles. The zero-order chi connectivity index (χ0) is 14.1. The zero-order valence-electron chi connectivity index (χ0n) is 10.2. The molecule has 0 fully saturated rings. The van der Waals surface area contributed by atoms with Crippen LogP contribution in [0.2, 0.25) is 15.1 Å². The van der Waals surface area contributed by atoms with Gasteiger partial charge in [0.15, 0.2) is 0 Å². The Morgan fingerprint density at radius 3 is 2.55 bits per heavy atom. The standard InChI is InChI=1S/C14H9Cl3N2O/c15-8-5-10(17)13(6-9(8)16)20-7-14-18-11-3-1-2-4-12(11)19-14/h1-6H,7H2,(H,18,19). The minimum Gasteiger partial charge on any atom is -0.484 e. The van der Waals surface area contributed by atoms with Crippen molar-refractivity contribution in [1.29, 1.82) is 0 Å². The van der Waals surface area contributed by atoms with E-state index in [4.69, 9.17) is 39.5 Å². The summed E-state index contributed by atoms with van der Waals surface area (Å²) in [6.07, 6.45) is 0. The molecular formula is C14H9Cl3N2O. The fraction of sp³-hybridized carbons (Fsp3) is 0.0714. The Morgan fingerprint density at radius 2 is 1.75 bits per heavy atom. The molecule has 0 spiro atoms. The van der Waals surface area contributed by atoms with Gasteiger partial charge in [0.2, 0.25) is 0 Å². The topological polar surface area (TPSA) is 37.9 Å². The Labute approximate surface area is 130 Å². The first-order chi connectivity index (χ1) is 9.63. The molecule has 0 aliphatic heterocycles. The summed E-state index contributed by atoms with van der Waals surface area (Å²) in [5.74, 6) is 1.19. The van der Waals surface area contributed by atoms with E-state index in [9.17, 15) is 0 Å². The maximum absolute atomic E-state index is 6.05. The molecule has 1 aromatic heterocycles. The van der Waals surface area contributed by atoms with Crippen LogP contribution in [0.3, 0.4) is 0 Å². The van der Waals surface area contributed by atoms with Gasteiger partial charge in [0.25, 0.3) is 0 Å². The molecular weight excluding hydrogens is 319 g/mol. The van der Waals surface area contributed by atoms with Crippen LogP contribution in [0.5, 0.6) is 5.75 Å². The van der Waals surface area contributed by atoms with Crippen LogP contribution in [0.15, 0.2) is 36.4 Å². The highest BCUT2D eigenvalue weighted by atomic mass is 35.5. The fourth-order valence-corrected chi connectivity index (χ4v) is 2.43. The summed E-state index contributed by atoms with van der Waals surface area (Å²) in [6.45, 7) is 0.270. The van der Waals surface area contributed by atoms with Crippen molar-refractivity contribution in [3.05, 3.63) is 57.3 Å². The number of aromatic nitrogens is 2. The summed E-state index contributed by atoms with van der Waals surface area (Å²) in [5, 5.41) is 1.21. The van der Waals surface area contributed by atoms with Gasteiger partial charge in [-0.05, 0) is 18.2 Å². The fourth-order valence-electron chi connectivity index (χ4n) is 1.84. The third-order valence-corrected chi connectivity index (χ3v) is 3.80. The van der Waals surface area contributed by atoms with Gasteiger partial charge in [-0.15, -0.1) is 0 Å². The number of H-pyrrole nitrogens is 1. The van der Waals surface area contributed by atoms with E-state index in [1.54, 1.807) is 12.1 Å². The summed E-state index contributed by atoms with van der Waals surface area (Å²) >= 11 is 17.9. The van der Waals surface area contributed by atoms with Gasteiger partial charge in [0.1, 0.15) is 18.2 Å². The van der Waals surface area contributed by atoms with Gasteiger partial charge >= 0.3 is 0 Å². The van der Waals surface area contributed by atoms with E-state index in [1.807, 2.05) is 24.3 Å². The smallest absolute Gasteiger partial charge is 0.146 e. The van der Waals surface area contributed by atoms with Gasteiger partial charge in [-0.1, -0.05) is 46.9 Å². The SMILES string of the molecule is Clc1cc(Cl)c(OCc2nc3ccccc3[nH]2)cc1Cl. The highest BCUT2D eigenvalue weighted by Crippen LogP contribution is 2.34. The average Bonchev–Trinajstić information content (AvgIpc) is 2.84. The number of rotatable bonds is 3. The number of benzene rings is 2. The largest absolute Gasteiger partial charge is 0.484 e. The first kappa shape index (κ1) is 13.6. The minimum atomic E-state index is 0.270. The van der Waals surface area contributed by atoms with Crippen LogP contribution in [0.1, 0.15) is 5.82 Å². The summed E-state index contributed by atoms with van der Waals surface area (Å²) in [6, 6.07) is 10.9. The molecule has 2 aromatic carbocycles. The lowest BCUT2D eigenvalue weighted by molar-refractivity contribution is 0.298. The summed E-state index contributed by atoms with van der Waals surface area (Å²) in [5.41, 5.74) is 1.86. The number of nitrogens with one attached hydrogen (secondary N) is 1. The summed E-state index contributed by atoms with van der Waals surface area (Å²) in [7, 11) is 0. The molecule has 3 aromatic rings. The quantitative estimate of drug-likeness (QED) is 0.679. The normalized spacial score (nSPS) is 10.9. The van der Waals surface area contributed by atoms with Crippen molar-refractivity contribution >= 4 is 45.8 Å². The minimum absolute atomic E-state index is 0.270. The number of hydrogen-bond acceptors (Lipinski definition) is 2. The molecule has 102 valence electrons. The van der Waals surface area contributed by atoms with Gasteiger partial charge < -0.3 is 9.72 Å². The molecule has 0 bridgehead atoms. The maximum atomic E-state index is 6.05. The summed E-state index contributed by atoms with van der Waals surface area (Å²) < 4.78 is 5.62. The molecule has 20 heavy (non-hydrogen) atoms. The number of nitrogens with zero attached hydrogens (tertiary/aromatic N) is 1. The van der Waals surface area contributed by atoms with Crippen molar-refractivity contribution in [2.75, 3.05) is 0 Å². The molecule has 3 nitrogen and oxygen atoms in total. The number of hydrogen-bond donors (Lipinski definition) is 1. The summed E-state index contributed by atoms with van der Waals surface area (Å²) in [4.78, 5) is 7.59. The highest BCUT2D eigenvalue weighted by Gasteiger charge is 2.09. The predicted molar refractivity (Wildman–Crippen MR) is 81.9 cm³/mol. The molecule has 1 heterocycles. The van der Waals surface area contributed by atoms with Crippen LogP contribution in [0.25, 0.3) is 11.0 Å².